The predicted octanol–water partition coefficient (Wildman–Crippen LogP) is 3.81. The van der Waals surface area contributed by atoms with E-state index in [1.807, 2.05) is 42.7 Å². The quantitative estimate of drug-likeness (QED) is 0.647. The van der Waals surface area contributed by atoms with Gasteiger partial charge in [0.15, 0.2) is 5.78 Å². The van der Waals surface area contributed by atoms with E-state index in [1.165, 1.54) is 11.9 Å². The van der Waals surface area contributed by atoms with E-state index >= 15 is 0 Å². The van der Waals surface area contributed by atoms with E-state index in [-0.39, 0.29) is 5.78 Å². The van der Waals surface area contributed by atoms with Crippen LogP contribution in [0, 0.1) is 0 Å². The predicted molar refractivity (Wildman–Crippen MR) is 84.6 cm³/mol. The lowest BCUT2D eigenvalue weighted by Crippen LogP contribution is -2.05. The van der Waals surface area contributed by atoms with Gasteiger partial charge >= 0.3 is 0 Å². The summed E-state index contributed by atoms with van der Waals surface area (Å²) in [7, 11) is 1.58. The van der Waals surface area contributed by atoms with Gasteiger partial charge in [-0.1, -0.05) is 36.2 Å². The SMILES string of the molecule is COc1ccccc1C(=O)Cc1cccc(NSC)c1. The van der Waals surface area contributed by atoms with E-state index in [4.69, 9.17) is 4.74 Å². The molecule has 0 saturated heterocycles. The summed E-state index contributed by atoms with van der Waals surface area (Å²) in [5.41, 5.74) is 2.61. The molecule has 0 fully saturated rings. The molecule has 0 spiro atoms. The summed E-state index contributed by atoms with van der Waals surface area (Å²) in [4.78, 5) is 12.4. The molecule has 0 heterocycles. The lowest BCUT2D eigenvalue weighted by Gasteiger charge is -2.08. The first kappa shape index (κ1) is 14.5. The number of ether oxygens (including phenoxy) is 1. The fourth-order valence-electron chi connectivity index (χ4n) is 2.02. The van der Waals surface area contributed by atoms with Crippen molar-refractivity contribution in [3.63, 3.8) is 0 Å². The Hall–Kier alpha value is -1.94. The van der Waals surface area contributed by atoms with E-state index in [9.17, 15) is 4.79 Å². The zero-order valence-electron chi connectivity index (χ0n) is 11.6. The van der Waals surface area contributed by atoms with Gasteiger partial charge in [0.05, 0.1) is 12.7 Å². The van der Waals surface area contributed by atoms with Crippen molar-refractivity contribution < 1.29 is 9.53 Å². The molecule has 4 heteroatoms. The second-order valence-electron chi connectivity index (χ2n) is 4.31. The zero-order chi connectivity index (χ0) is 14.4. The molecule has 20 heavy (non-hydrogen) atoms. The lowest BCUT2D eigenvalue weighted by atomic mass is 10.0. The molecule has 1 N–H and O–H groups in total. The Kier molecular flexibility index (Phi) is 5.07. The molecule has 104 valence electrons. The molecule has 0 aliphatic heterocycles. The Morgan fingerprint density at radius 2 is 2.00 bits per heavy atom. The number of hydrogen-bond acceptors (Lipinski definition) is 4. The molecule has 2 aromatic carbocycles. The van der Waals surface area contributed by atoms with E-state index < -0.39 is 0 Å². The zero-order valence-corrected chi connectivity index (χ0v) is 12.4. The van der Waals surface area contributed by atoms with E-state index in [0.717, 1.165) is 11.3 Å². The van der Waals surface area contributed by atoms with Crippen LogP contribution < -0.4 is 9.46 Å². The molecule has 0 atom stereocenters. The fraction of sp³-hybridized carbons (Fsp3) is 0.188. The van der Waals surface area contributed by atoms with Crippen molar-refractivity contribution >= 4 is 23.4 Å². The van der Waals surface area contributed by atoms with Crippen LogP contribution in [0.5, 0.6) is 5.75 Å². The van der Waals surface area contributed by atoms with Gasteiger partial charge in [-0.3, -0.25) is 4.79 Å². The third-order valence-electron chi connectivity index (χ3n) is 2.92. The summed E-state index contributed by atoms with van der Waals surface area (Å²) in [5, 5.41) is 0. The maximum atomic E-state index is 12.4. The van der Waals surface area contributed by atoms with Gasteiger partial charge in [-0.15, -0.1) is 0 Å². The normalized spacial score (nSPS) is 10.1. The van der Waals surface area contributed by atoms with Crippen LogP contribution in [0.25, 0.3) is 0 Å². The third kappa shape index (κ3) is 3.54. The second-order valence-corrected chi connectivity index (χ2v) is 4.92. The molecule has 0 amide bonds. The van der Waals surface area contributed by atoms with Crippen molar-refractivity contribution in [2.24, 2.45) is 0 Å². The highest BCUT2D eigenvalue weighted by atomic mass is 32.2. The van der Waals surface area contributed by atoms with Crippen LogP contribution in [0.15, 0.2) is 48.5 Å². The lowest BCUT2D eigenvalue weighted by molar-refractivity contribution is 0.0990. The van der Waals surface area contributed by atoms with Crippen LogP contribution in [-0.4, -0.2) is 19.1 Å². The Morgan fingerprint density at radius 1 is 1.20 bits per heavy atom. The summed E-state index contributed by atoms with van der Waals surface area (Å²) in [6, 6.07) is 15.2. The standard InChI is InChI=1S/C16H17NO2S/c1-19-16-9-4-3-8-14(16)15(18)11-12-6-5-7-13(10-12)17-20-2/h3-10,17H,11H2,1-2H3. The number of anilines is 1. The van der Waals surface area contributed by atoms with Crippen LogP contribution in [0.1, 0.15) is 15.9 Å². The number of Topliss-reactive ketones (excluding diaryl/α,β-unsaturated/α-hetero) is 1. The van der Waals surface area contributed by atoms with E-state index in [0.29, 0.717) is 17.7 Å². The van der Waals surface area contributed by atoms with Crippen molar-refractivity contribution in [1.29, 1.82) is 0 Å². The Labute approximate surface area is 123 Å². The van der Waals surface area contributed by atoms with Gasteiger partial charge < -0.3 is 9.46 Å². The average molecular weight is 287 g/mol. The van der Waals surface area contributed by atoms with Crippen molar-refractivity contribution in [2.75, 3.05) is 18.1 Å². The summed E-state index contributed by atoms with van der Waals surface area (Å²) >= 11 is 1.53. The molecule has 0 saturated carbocycles. The number of methoxy groups -OCH3 is 1. The number of carbonyl (C=O) groups is 1. The Morgan fingerprint density at radius 3 is 2.75 bits per heavy atom. The molecule has 0 unspecified atom stereocenters. The minimum atomic E-state index is 0.0590. The molecule has 0 aliphatic rings. The van der Waals surface area contributed by atoms with Crippen LogP contribution in [0.3, 0.4) is 0 Å². The van der Waals surface area contributed by atoms with E-state index in [2.05, 4.69) is 4.72 Å². The third-order valence-corrected chi connectivity index (χ3v) is 3.36. The monoisotopic (exact) mass is 287 g/mol. The first-order chi connectivity index (χ1) is 9.74. The van der Waals surface area contributed by atoms with Crippen molar-refractivity contribution in [2.45, 2.75) is 6.42 Å². The van der Waals surface area contributed by atoms with Gasteiger partial charge in [0.1, 0.15) is 5.75 Å². The molecular weight excluding hydrogens is 270 g/mol. The van der Waals surface area contributed by atoms with Crippen LogP contribution >= 0.6 is 11.9 Å². The van der Waals surface area contributed by atoms with Gasteiger partial charge in [-0.05, 0) is 29.8 Å². The number of nitrogens with one attached hydrogen (secondary N) is 1. The summed E-state index contributed by atoms with van der Waals surface area (Å²) < 4.78 is 8.39. The van der Waals surface area contributed by atoms with Crippen molar-refractivity contribution in [1.82, 2.24) is 0 Å². The average Bonchev–Trinajstić information content (AvgIpc) is 2.48. The summed E-state index contributed by atoms with van der Waals surface area (Å²) in [6.07, 6.45) is 2.33. The largest absolute Gasteiger partial charge is 0.496 e. The molecule has 0 aromatic heterocycles. The smallest absolute Gasteiger partial charge is 0.170 e. The maximum absolute atomic E-state index is 12.4. The Bertz CT molecular complexity index is 599. The second kappa shape index (κ2) is 7.01. The first-order valence-electron chi connectivity index (χ1n) is 6.28. The van der Waals surface area contributed by atoms with Gasteiger partial charge in [0.25, 0.3) is 0 Å². The highest BCUT2D eigenvalue weighted by molar-refractivity contribution is 7.99. The van der Waals surface area contributed by atoms with Crippen molar-refractivity contribution in [3.05, 3.63) is 59.7 Å². The molecule has 3 nitrogen and oxygen atoms in total. The molecule has 2 aromatic rings. The van der Waals surface area contributed by atoms with Gasteiger partial charge in [-0.25, -0.2) is 0 Å². The van der Waals surface area contributed by atoms with Gasteiger partial charge in [0.2, 0.25) is 0 Å². The van der Waals surface area contributed by atoms with Crippen molar-refractivity contribution in [3.8, 4) is 5.75 Å². The fourth-order valence-corrected chi connectivity index (χ4v) is 2.38. The number of benzene rings is 2. The number of hydrogen-bond donors (Lipinski definition) is 1. The number of carbonyl (C=O) groups excluding carboxylic acids is 1. The molecule has 0 radical (unpaired) electrons. The minimum Gasteiger partial charge on any atom is -0.496 e. The van der Waals surface area contributed by atoms with Crippen LogP contribution in [0.2, 0.25) is 0 Å². The molecular formula is C16H17NO2S. The van der Waals surface area contributed by atoms with Gasteiger partial charge in [0, 0.05) is 18.4 Å². The highest BCUT2D eigenvalue weighted by Gasteiger charge is 2.12. The molecule has 2 rings (SSSR count). The topological polar surface area (TPSA) is 38.3 Å². The summed E-state index contributed by atoms with van der Waals surface area (Å²) in [5.74, 6) is 0.680. The number of ketones is 1. The number of rotatable bonds is 6. The first-order valence-corrected chi connectivity index (χ1v) is 7.51. The van der Waals surface area contributed by atoms with Crippen LogP contribution in [-0.2, 0) is 6.42 Å². The van der Waals surface area contributed by atoms with Gasteiger partial charge in [-0.2, -0.15) is 0 Å². The number of para-hydroxylation sites is 1. The molecule has 0 bridgehead atoms. The Balaban J connectivity index is 2.17. The summed E-state index contributed by atoms with van der Waals surface area (Å²) in [6.45, 7) is 0. The highest BCUT2D eigenvalue weighted by Crippen LogP contribution is 2.21. The minimum absolute atomic E-state index is 0.0590. The van der Waals surface area contributed by atoms with Crippen LogP contribution in [0.4, 0.5) is 5.69 Å². The molecule has 0 aliphatic carbocycles. The van der Waals surface area contributed by atoms with E-state index in [1.54, 1.807) is 19.2 Å². The maximum Gasteiger partial charge on any atom is 0.170 e.